The molecule has 0 aliphatic heterocycles. The van der Waals surface area contributed by atoms with Crippen LogP contribution in [0.1, 0.15) is 10.4 Å². The topological polar surface area (TPSA) is 141 Å². The number of nitro groups is 2. The molecule has 0 saturated carbocycles. The van der Waals surface area contributed by atoms with E-state index in [0.29, 0.717) is 0 Å². The van der Waals surface area contributed by atoms with Crippen molar-refractivity contribution in [3.05, 3.63) is 56.5 Å². The fourth-order valence-corrected chi connectivity index (χ4v) is 1.64. The first kappa shape index (κ1) is 13.1. The molecule has 0 saturated heterocycles. The van der Waals surface area contributed by atoms with Gasteiger partial charge in [0.15, 0.2) is 0 Å². The van der Waals surface area contributed by atoms with Gasteiger partial charge >= 0.3 is 17.5 Å². The maximum Gasteiger partial charge on any atom is 0.381 e. The number of hydrogen-bond acceptors (Lipinski definition) is 6. The van der Waals surface area contributed by atoms with Gasteiger partial charge in [-0.05, 0) is 22.0 Å². The number of hydrogen-bond donors (Lipinski definition) is 1. The number of carbonyl (C=O) groups is 1. The average Bonchev–Trinajstić information content (AvgIpc) is 2.87. The van der Waals surface area contributed by atoms with E-state index in [2.05, 4.69) is 4.98 Å². The highest BCUT2D eigenvalue weighted by Crippen LogP contribution is 2.28. The third-order valence-electron chi connectivity index (χ3n) is 2.46. The summed E-state index contributed by atoms with van der Waals surface area (Å²) in [6.45, 7) is 0. The number of aromatic carboxylic acids is 1. The molecule has 0 aliphatic carbocycles. The van der Waals surface area contributed by atoms with Crippen LogP contribution in [0.15, 0.2) is 30.7 Å². The minimum Gasteiger partial charge on any atom is -0.477 e. The predicted octanol–water partition coefficient (Wildman–Crippen LogP) is 1.39. The molecule has 0 unspecified atom stereocenters. The minimum atomic E-state index is -1.46. The van der Waals surface area contributed by atoms with E-state index in [-0.39, 0.29) is 5.69 Å². The van der Waals surface area contributed by atoms with Gasteiger partial charge in [-0.25, -0.2) is 4.79 Å². The highest BCUT2D eigenvalue weighted by Gasteiger charge is 2.26. The lowest BCUT2D eigenvalue weighted by Crippen LogP contribution is -2.06. The Morgan fingerprint density at radius 1 is 1.25 bits per heavy atom. The van der Waals surface area contributed by atoms with Gasteiger partial charge in [0, 0.05) is 0 Å². The van der Waals surface area contributed by atoms with E-state index in [1.807, 2.05) is 0 Å². The SMILES string of the molecule is O=C(O)c1cccc(-n2cnc([N+](=O)[O-])c2)c1[N+](=O)[O-]. The highest BCUT2D eigenvalue weighted by atomic mass is 16.6. The smallest absolute Gasteiger partial charge is 0.381 e. The first-order chi connectivity index (χ1) is 9.41. The quantitative estimate of drug-likeness (QED) is 0.657. The fraction of sp³-hybridized carbons (Fsp3) is 0. The van der Waals surface area contributed by atoms with Crippen molar-refractivity contribution >= 4 is 17.5 Å². The van der Waals surface area contributed by atoms with Crippen molar-refractivity contribution in [2.75, 3.05) is 0 Å². The average molecular weight is 278 g/mol. The Labute approximate surface area is 110 Å². The summed E-state index contributed by atoms with van der Waals surface area (Å²) in [4.78, 5) is 34.4. The van der Waals surface area contributed by atoms with Gasteiger partial charge in [-0.1, -0.05) is 6.07 Å². The largest absolute Gasteiger partial charge is 0.477 e. The molecule has 2 aromatic rings. The van der Waals surface area contributed by atoms with Crippen LogP contribution in [0.25, 0.3) is 5.69 Å². The number of rotatable bonds is 4. The Morgan fingerprint density at radius 3 is 2.45 bits per heavy atom. The first-order valence-electron chi connectivity index (χ1n) is 5.11. The standard InChI is InChI=1S/C10H6N4O6/c15-10(16)6-2-1-3-7(9(6)14(19)20)12-4-8(11-5-12)13(17)18/h1-5H,(H,15,16). The molecule has 0 amide bonds. The van der Waals surface area contributed by atoms with Crippen LogP contribution >= 0.6 is 0 Å². The van der Waals surface area contributed by atoms with Crippen molar-refractivity contribution in [3.63, 3.8) is 0 Å². The van der Waals surface area contributed by atoms with Crippen LogP contribution in [0.3, 0.4) is 0 Å². The zero-order chi connectivity index (χ0) is 14.9. The van der Waals surface area contributed by atoms with Gasteiger partial charge in [-0.3, -0.25) is 14.7 Å². The van der Waals surface area contributed by atoms with Crippen LogP contribution < -0.4 is 0 Å². The molecule has 1 aromatic heterocycles. The number of carboxylic acids is 1. The van der Waals surface area contributed by atoms with Gasteiger partial charge in [-0.15, -0.1) is 0 Å². The van der Waals surface area contributed by atoms with Crippen LogP contribution in [0.5, 0.6) is 0 Å². The normalized spacial score (nSPS) is 10.2. The number of aromatic nitrogens is 2. The molecule has 1 heterocycles. The van der Waals surface area contributed by atoms with Crippen molar-refractivity contribution in [1.82, 2.24) is 9.55 Å². The number of carboxylic acid groups (broad SMARTS) is 1. The summed E-state index contributed by atoms with van der Waals surface area (Å²) >= 11 is 0. The molecule has 0 radical (unpaired) electrons. The third kappa shape index (κ3) is 2.16. The van der Waals surface area contributed by atoms with Crippen LogP contribution in [-0.2, 0) is 0 Å². The molecule has 20 heavy (non-hydrogen) atoms. The summed E-state index contributed by atoms with van der Waals surface area (Å²) in [5, 5.41) is 30.5. The molecule has 10 nitrogen and oxygen atoms in total. The maximum atomic E-state index is 11.0. The van der Waals surface area contributed by atoms with Crippen molar-refractivity contribution in [3.8, 4) is 5.69 Å². The summed E-state index contributed by atoms with van der Waals surface area (Å²) in [5.74, 6) is -1.96. The summed E-state index contributed by atoms with van der Waals surface area (Å²) in [7, 11) is 0. The van der Waals surface area contributed by atoms with E-state index in [4.69, 9.17) is 5.11 Å². The molecule has 10 heteroatoms. The van der Waals surface area contributed by atoms with Crippen molar-refractivity contribution in [2.45, 2.75) is 0 Å². The maximum absolute atomic E-state index is 11.0. The molecule has 0 spiro atoms. The molecule has 1 N–H and O–H groups in total. The molecular weight excluding hydrogens is 272 g/mol. The van der Waals surface area contributed by atoms with E-state index in [1.54, 1.807) is 0 Å². The third-order valence-corrected chi connectivity index (χ3v) is 2.46. The fourth-order valence-electron chi connectivity index (χ4n) is 1.64. The Bertz CT molecular complexity index is 722. The van der Waals surface area contributed by atoms with Crippen molar-refractivity contribution in [2.24, 2.45) is 0 Å². The van der Waals surface area contributed by atoms with E-state index in [9.17, 15) is 25.0 Å². The second-order valence-electron chi connectivity index (χ2n) is 3.63. The first-order valence-corrected chi connectivity index (χ1v) is 5.11. The second-order valence-corrected chi connectivity index (χ2v) is 3.63. The number of imidazole rings is 1. The number of nitro benzene ring substituents is 1. The van der Waals surface area contributed by atoms with Crippen molar-refractivity contribution in [1.29, 1.82) is 0 Å². The molecule has 0 bridgehead atoms. The number of benzene rings is 1. The van der Waals surface area contributed by atoms with Gasteiger partial charge in [0.05, 0.1) is 4.92 Å². The van der Waals surface area contributed by atoms with E-state index in [0.717, 1.165) is 23.2 Å². The number of nitrogens with zero attached hydrogens (tertiary/aromatic N) is 4. The molecule has 1 aromatic carbocycles. The predicted molar refractivity (Wildman–Crippen MR) is 63.8 cm³/mol. The lowest BCUT2D eigenvalue weighted by atomic mass is 10.1. The van der Waals surface area contributed by atoms with Gasteiger partial charge in [-0.2, -0.15) is 0 Å². The van der Waals surface area contributed by atoms with Crippen LogP contribution in [-0.4, -0.2) is 30.5 Å². The molecular formula is C10H6N4O6. The molecule has 2 rings (SSSR count). The van der Waals surface area contributed by atoms with Crippen LogP contribution in [0, 0.1) is 20.2 Å². The lowest BCUT2D eigenvalue weighted by Gasteiger charge is -2.04. The van der Waals surface area contributed by atoms with Crippen LogP contribution in [0.4, 0.5) is 11.5 Å². The van der Waals surface area contributed by atoms with Crippen molar-refractivity contribution < 1.29 is 19.7 Å². The minimum absolute atomic E-state index is 0.115. The number of para-hydroxylation sites is 1. The molecule has 0 aliphatic rings. The van der Waals surface area contributed by atoms with Gasteiger partial charge in [0.1, 0.15) is 17.4 Å². The Morgan fingerprint density at radius 2 is 1.95 bits per heavy atom. The summed E-state index contributed by atoms with van der Waals surface area (Å²) in [6, 6.07) is 3.66. The van der Waals surface area contributed by atoms with Gasteiger partial charge in [0.25, 0.3) is 0 Å². The van der Waals surface area contributed by atoms with Gasteiger partial charge in [0.2, 0.25) is 6.33 Å². The molecule has 102 valence electrons. The molecule has 0 fully saturated rings. The summed E-state index contributed by atoms with van der Waals surface area (Å²) in [6.07, 6.45) is 1.97. The zero-order valence-corrected chi connectivity index (χ0v) is 9.66. The van der Waals surface area contributed by atoms with E-state index in [1.165, 1.54) is 12.1 Å². The Balaban J connectivity index is 2.66. The van der Waals surface area contributed by atoms with Crippen LogP contribution in [0.2, 0.25) is 0 Å². The van der Waals surface area contributed by atoms with E-state index < -0.39 is 32.9 Å². The second kappa shape index (κ2) is 4.76. The monoisotopic (exact) mass is 278 g/mol. The Hall–Kier alpha value is -3.30. The van der Waals surface area contributed by atoms with Gasteiger partial charge < -0.3 is 15.2 Å². The molecule has 0 atom stereocenters. The zero-order valence-electron chi connectivity index (χ0n) is 9.66. The summed E-state index contributed by atoms with van der Waals surface area (Å²) < 4.78 is 1.03. The summed E-state index contributed by atoms with van der Waals surface area (Å²) in [5.41, 5.74) is -1.29. The Kier molecular flexibility index (Phi) is 3.13. The lowest BCUT2D eigenvalue weighted by molar-refractivity contribution is -0.389. The highest BCUT2D eigenvalue weighted by molar-refractivity contribution is 5.94. The van der Waals surface area contributed by atoms with E-state index >= 15 is 0 Å².